The van der Waals surface area contributed by atoms with Crippen LogP contribution in [0.1, 0.15) is 5.56 Å². The summed E-state index contributed by atoms with van der Waals surface area (Å²) in [6.45, 7) is 1.91. The zero-order valence-electron chi connectivity index (χ0n) is 12.5. The number of nitrogens with one attached hydrogen (secondary N) is 1. The largest absolute Gasteiger partial charge is 0.497 e. The first-order valence-corrected chi connectivity index (χ1v) is 6.90. The van der Waals surface area contributed by atoms with Crippen molar-refractivity contribution in [2.75, 3.05) is 32.8 Å². The first-order chi connectivity index (χ1) is 10.3. The molecule has 0 aliphatic carbocycles. The average molecular weight is 287 g/mol. The minimum absolute atomic E-state index is 0.563. The Morgan fingerprint density at radius 1 is 0.905 bits per heavy atom. The third-order valence-electron chi connectivity index (χ3n) is 3.04. The fourth-order valence-corrected chi connectivity index (χ4v) is 1.90. The van der Waals surface area contributed by atoms with E-state index in [1.165, 1.54) is 5.56 Å². The second kappa shape index (κ2) is 8.17. The molecular formula is C17H21NO3. The van der Waals surface area contributed by atoms with E-state index in [4.69, 9.17) is 14.2 Å². The monoisotopic (exact) mass is 287 g/mol. The molecule has 0 unspecified atom stereocenters. The molecule has 2 aromatic rings. The van der Waals surface area contributed by atoms with Gasteiger partial charge in [0.2, 0.25) is 0 Å². The summed E-state index contributed by atoms with van der Waals surface area (Å²) < 4.78 is 15.7. The Labute approximate surface area is 125 Å². The summed E-state index contributed by atoms with van der Waals surface area (Å²) >= 11 is 0. The number of rotatable bonds is 8. The van der Waals surface area contributed by atoms with Crippen LogP contribution in [-0.2, 0) is 11.3 Å². The van der Waals surface area contributed by atoms with Gasteiger partial charge in [-0.15, -0.1) is 0 Å². The Morgan fingerprint density at radius 3 is 2.43 bits per heavy atom. The van der Waals surface area contributed by atoms with Crippen LogP contribution in [0.2, 0.25) is 0 Å². The zero-order chi connectivity index (χ0) is 14.9. The predicted molar refractivity (Wildman–Crippen MR) is 84.1 cm³/mol. The quantitative estimate of drug-likeness (QED) is 0.756. The maximum absolute atomic E-state index is 5.53. The summed E-state index contributed by atoms with van der Waals surface area (Å²) in [5.74, 6) is 1.72. The second-order valence-electron chi connectivity index (χ2n) is 4.57. The smallest absolute Gasteiger partial charge is 0.119 e. The van der Waals surface area contributed by atoms with E-state index in [9.17, 15) is 0 Å². The Balaban J connectivity index is 1.85. The van der Waals surface area contributed by atoms with Crippen molar-refractivity contribution in [2.24, 2.45) is 0 Å². The van der Waals surface area contributed by atoms with Crippen molar-refractivity contribution in [1.29, 1.82) is 0 Å². The maximum atomic E-state index is 5.53. The van der Waals surface area contributed by atoms with Gasteiger partial charge in [0.15, 0.2) is 0 Å². The summed E-state index contributed by atoms with van der Waals surface area (Å²) in [5.41, 5.74) is 2.23. The van der Waals surface area contributed by atoms with Crippen molar-refractivity contribution in [1.82, 2.24) is 0 Å². The fraction of sp³-hybridized carbons (Fsp3) is 0.294. The van der Waals surface area contributed by atoms with Gasteiger partial charge in [0.05, 0.1) is 13.7 Å². The molecule has 0 aromatic heterocycles. The van der Waals surface area contributed by atoms with Crippen LogP contribution < -0.4 is 14.8 Å². The standard InChI is InChI=1S/C17H21NO3/c1-19-10-11-21-16-8-6-15(7-9-16)18-13-14-4-3-5-17(12-14)20-2/h3-9,12,18H,10-11,13H2,1-2H3. The molecule has 0 heterocycles. The molecule has 0 amide bonds. The molecule has 1 N–H and O–H groups in total. The third-order valence-corrected chi connectivity index (χ3v) is 3.04. The fourth-order valence-electron chi connectivity index (χ4n) is 1.90. The molecule has 0 fully saturated rings. The van der Waals surface area contributed by atoms with Crippen molar-refractivity contribution in [2.45, 2.75) is 6.54 Å². The maximum Gasteiger partial charge on any atom is 0.119 e. The van der Waals surface area contributed by atoms with Gasteiger partial charge in [-0.3, -0.25) is 0 Å². The molecule has 2 aromatic carbocycles. The van der Waals surface area contributed by atoms with Crippen LogP contribution in [0.15, 0.2) is 48.5 Å². The highest BCUT2D eigenvalue weighted by molar-refractivity contribution is 5.47. The normalized spacial score (nSPS) is 10.2. The van der Waals surface area contributed by atoms with Crippen molar-refractivity contribution >= 4 is 5.69 Å². The summed E-state index contributed by atoms with van der Waals surface area (Å²) in [7, 11) is 3.34. The Morgan fingerprint density at radius 2 is 1.71 bits per heavy atom. The number of ether oxygens (including phenoxy) is 3. The van der Waals surface area contributed by atoms with E-state index in [2.05, 4.69) is 11.4 Å². The highest BCUT2D eigenvalue weighted by Crippen LogP contribution is 2.18. The van der Waals surface area contributed by atoms with Crippen LogP contribution in [0.3, 0.4) is 0 Å². The third kappa shape index (κ3) is 5.00. The lowest BCUT2D eigenvalue weighted by Crippen LogP contribution is -2.04. The van der Waals surface area contributed by atoms with E-state index in [0.717, 1.165) is 23.7 Å². The highest BCUT2D eigenvalue weighted by Gasteiger charge is 1.98. The molecule has 0 aliphatic rings. The first-order valence-electron chi connectivity index (χ1n) is 6.90. The molecule has 0 saturated carbocycles. The SMILES string of the molecule is COCCOc1ccc(NCc2cccc(OC)c2)cc1. The van der Waals surface area contributed by atoms with Gasteiger partial charge < -0.3 is 19.5 Å². The van der Waals surface area contributed by atoms with E-state index in [0.29, 0.717) is 13.2 Å². The van der Waals surface area contributed by atoms with Crippen LogP contribution in [-0.4, -0.2) is 27.4 Å². The lowest BCUT2D eigenvalue weighted by Gasteiger charge is -2.09. The van der Waals surface area contributed by atoms with E-state index in [1.807, 2.05) is 42.5 Å². The van der Waals surface area contributed by atoms with Crippen LogP contribution in [0.25, 0.3) is 0 Å². The minimum Gasteiger partial charge on any atom is -0.497 e. The molecule has 2 rings (SSSR count). The lowest BCUT2D eigenvalue weighted by atomic mass is 10.2. The molecule has 0 bridgehead atoms. The van der Waals surface area contributed by atoms with Gasteiger partial charge in [0.1, 0.15) is 18.1 Å². The average Bonchev–Trinajstić information content (AvgIpc) is 2.54. The van der Waals surface area contributed by atoms with E-state index in [-0.39, 0.29) is 0 Å². The van der Waals surface area contributed by atoms with Crippen LogP contribution in [0.4, 0.5) is 5.69 Å². The van der Waals surface area contributed by atoms with Gasteiger partial charge in [-0.1, -0.05) is 12.1 Å². The number of benzene rings is 2. The van der Waals surface area contributed by atoms with Crippen LogP contribution >= 0.6 is 0 Å². The molecule has 0 saturated heterocycles. The molecule has 4 nitrogen and oxygen atoms in total. The van der Waals surface area contributed by atoms with E-state index in [1.54, 1.807) is 14.2 Å². The number of hydrogen-bond acceptors (Lipinski definition) is 4. The first kappa shape index (κ1) is 15.2. The lowest BCUT2D eigenvalue weighted by molar-refractivity contribution is 0.146. The van der Waals surface area contributed by atoms with E-state index < -0.39 is 0 Å². The molecule has 0 atom stereocenters. The summed E-state index contributed by atoms with van der Waals surface area (Å²) in [6.07, 6.45) is 0. The minimum atomic E-state index is 0.563. The van der Waals surface area contributed by atoms with Gasteiger partial charge >= 0.3 is 0 Å². The van der Waals surface area contributed by atoms with Crippen molar-refractivity contribution in [3.8, 4) is 11.5 Å². The molecule has 4 heteroatoms. The van der Waals surface area contributed by atoms with Crippen molar-refractivity contribution in [3.63, 3.8) is 0 Å². The molecule has 112 valence electrons. The molecule has 0 radical (unpaired) electrons. The second-order valence-corrected chi connectivity index (χ2v) is 4.57. The molecule has 0 spiro atoms. The van der Waals surface area contributed by atoms with Gasteiger partial charge in [-0.2, -0.15) is 0 Å². The number of hydrogen-bond donors (Lipinski definition) is 1. The topological polar surface area (TPSA) is 39.7 Å². The molecule has 21 heavy (non-hydrogen) atoms. The van der Waals surface area contributed by atoms with E-state index >= 15 is 0 Å². The number of anilines is 1. The Bertz CT molecular complexity index is 540. The molecule has 0 aliphatic heterocycles. The van der Waals surface area contributed by atoms with Gasteiger partial charge in [0.25, 0.3) is 0 Å². The summed E-state index contributed by atoms with van der Waals surface area (Å²) in [6, 6.07) is 15.9. The van der Waals surface area contributed by atoms with Gasteiger partial charge in [-0.25, -0.2) is 0 Å². The zero-order valence-corrected chi connectivity index (χ0v) is 12.5. The van der Waals surface area contributed by atoms with Crippen LogP contribution in [0.5, 0.6) is 11.5 Å². The van der Waals surface area contributed by atoms with Crippen molar-refractivity contribution < 1.29 is 14.2 Å². The Kier molecular flexibility index (Phi) is 5.91. The Hall–Kier alpha value is -2.20. The van der Waals surface area contributed by atoms with Crippen LogP contribution in [0, 0.1) is 0 Å². The summed E-state index contributed by atoms with van der Waals surface area (Å²) in [5, 5.41) is 3.37. The van der Waals surface area contributed by atoms with Gasteiger partial charge in [0, 0.05) is 19.3 Å². The van der Waals surface area contributed by atoms with Gasteiger partial charge in [-0.05, 0) is 42.0 Å². The number of methoxy groups -OCH3 is 2. The van der Waals surface area contributed by atoms with Crippen molar-refractivity contribution in [3.05, 3.63) is 54.1 Å². The molecular weight excluding hydrogens is 266 g/mol. The highest BCUT2D eigenvalue weighted by atomic mass is 16.5. The predicted octanol–water partition coefficient (Wildman–Crippen LogP) is 3.33. The summed E-state index contributed by atoms with van der Waals surface area (Å²) in [4.78, 5) is 0.